The summed E-state index contributed by atoms with van der Waals surface area (Å²) in [7, 11) is 0. The summed E-state index contributed by atoms with van der Waals surface area (Å²) in [5, 5.41) is 5.52. The van der Waals surface area contributed by atoms with Crippen LogP contribution >= 0.6 is 44.1 Å². The number of hydrogen-bond donors (Lipinski definition) is 2. The predicted molar refractivity (Wildman–Crippen MR) is 114 cm³/mol. The summed E-state index contributed by atoms with van der Waals surface area (Å²) in [6, 6.07) is 11.9. The molecule has 0 aliphatic carbocycles. The van der Waals surface area contributed by atoms with Crippen LogP contribution < -0.4 is 15.4 Å². The number of ether oxygens (including phenoxy) is 2. The summed E-state index contributed by atoms with van der Waals surface area (Å²) < 4.78 is 12.0. The molecule has 0 atom stereocenters. The highest BCUT2D eigenvalue weighted by molar-refractivity contribution is 9.11. The minimum atomic E-state index is -0.398. The topological polar surface area (TPSA) is 76.7 Å². The van der Waals surface area contributed by atoms with E-state index in [1.54, 1.807) is 37.3 Å². The second-order valence-corrected chi connectivity index (χ2v) is 7.34. The van der Waals surface area contributed by atoms with Gasteiger partial charge in [0.15, 0.2) is 11.7 Å². The van der Waals surface area contributed by atoms with E-state index in [2.05, 4.69) is 42.5 Å². The maximum Gasteiger partial charge on any atom is 0.338 e. The lowest BCUT2D eigenvalue weighted by atomic mass is 10.2. The van der Waals surface area contributed by atoms with E-state index in [4.69, 9.17) is 21.7 Å². The molecule has 2 aromatic carbocycles. The van der Waals surface area contributed by atoms with Crippen molar-refractivity contribution in [2.24, 2.45) is 0 Å². The zero-order valence-corrected chi connectivity index (χ0v) is 18.2. The van der Waals surface area contributed by atoms with E-state index in [1.807, 2.05) is 12.1 Å². The lowest BCUT2D eigenvalue weighted by molar-refractivity contribution is -0.121. The average molecular weight is 516 g/mol. The van der Waals surface area contributed by atoms with E-state index in [1.165, 1.54) is 0 Å². The molecule has 0 fully saturated rings. The van der Waals surface area contributed by atoms with Crippen molar-refractivity contribution in [3.8, 4) is 5.75 Å². The summed E-state index contributed by atoms with van der Waals surface area (Å²) >= 11 is 11.8. The quantitative estimate of drug-likeness (QED) is 0.441. The van der Waals surface area contributed by atoms with Gasteiger partial charge in [-0.15, -0.1) is 0 Å². The Hall–Kier alpha value is -1.97. The van der Waals surface area contributed by atoms with E-state index in [0.717, 1.165) is 8.95 Å². The van der Waals surface area contributed by atoms with Crippen LogP contribution in [0.15, 0.2) is 51.4 Å². The molecular formula is C18H16Br2N2O4S. The smallest absolute Gasteiger partial charge is 0.338 e. The average Bonchev–Trinajstić information content (AvgIpc) is 2.61. The van der Waals surface area contributed by atoms with Crippen molar-refractivity contribution in [3.05, 3.63) is 57.0 Å². The van der Waals surface area contributed by atoms with Gasteiger partial charge in [0.1, 0.15) is 5.75 Å². The van der Waals surface area contributed by atoms with Crippen LogP contribution in [0.25, 0.3) is 0 Å². The molecule has 2 aromatic rings. The van der Waals surface area contributed by atoms with Gasteiger partial charge < -0.3 is 14.8 Å². The summed E-state index contributed by atoms with van der Waals surface area (Å²) in [6.07, 6.45) is 0. The Morgan fingerprint density at radius 3 is 2.44 bits per heavy atom. The monoisotopic (exact) mass is 514 g/mol. The first-order valence-electron chi connectivity index (χ1n) is 7.85. The Morgan fingerprint density at radius 2 is 1.81 bits per heavy atom. The Balaban J connectivity index is 1.82. The maximum absolute atomic E-state index is 12.0. The second kappa shape index (κ2) is 10.4. The molecule has 0 spiro atoms. The molecule has 0 heterocycles. The fourth-order valence-electron chi connectivity index (χ4n) is 1.96. The highest BCUT2D eigenvalue weighted by Crippen LogP contribution is 2.28. The highest BCUT2D eigenvalue weighted by atomic mass is 79.9. The van der Waals surface area contributed by atoms with Crippen molar-refractivity contribution in [3.63, 3.8) is 0 Å². The molecule has 0 aromatic heterocycles. The van der Waals surface area contributed by atoms with E-state index < -0.39 is 11.9 Å². The molecule has 9 heteroatoms. The number of amides is 1. The third-order valence-corrected chi connectivity index (χ3v) is 4.48. The predicted octanol–water partition coefficient (Wildman–Crippen LogP) is 4.28. The number of halogens is 2. The standard InChI is InChI=1S/C18H16Br2N2O4S/c1-2-25-17(24)11-3-6-13(7-4-11)21-18(27)22-16(23)10-26-15-8-5-12(19)9-14(15)20/h3-9H,2,10H2,1H3,(H2,21,22,23,27). The van der Waals surface area contributed by atoms with Gasteiger partial charge in [-0.25, -0.2) is 4.79 Å². The van der Waals surface area contributed by atoms with Gasteiger partial charge in [0.05, 0.1) is 16.6 Å². The van der Waals surface area contributed by atoms with Crippen molar-refractivity contribution in [1.82, 2.24) is 5.32 Å². The van der Waals surface area contributed by atoms with Crippen LogP contribution in [0.5, 0.6) is 5.75 Å². The van der Waals surface area contributed by atoms with Gasteiger partial charge >= 0.3 is 5.97 Å². The van der Waals surface area contributed by atoms with E-state index in [-0.39, 0.29) is 11.7 Å². The molecule has 0 saturated carbocycles. The summed E-state index contributed by atoms with van der Waals surface area (Å²) in [4.78, 5) is 23.6. The number of nitrogens with one attached hydrogen (secondary N) is 2. The van der Waals surface area contributed by atoms with Crippen molar-refractivity contribution in [2.45, 2.75) is 6.92 Å². The number of hydrogen-bond acceptors (Lipinski definition) is 5. The fraction of sp³-hybridized carbons (Fsp3) is 0.167. The fourth-order valence-corrected chi connectivity index (χ4v) is 3.36. The molecule has 0 aliphatic rings. The molecule has 2 N–H and O–H groups in total. The SMILES string of the molecule is CCOC(=O)c1ccc(NC(=S)NC(=O)COc2ccc(Br)cc2Br)cc1. The first-order chi connectivity index (χ1) is 12.9. The van der Waals surface area contributed by atoms with Crippen LogP contribution in [0.1, 0.15) is 17.3 Å². The lowest BCUT2D eigenvalue weighted by Gasteiger charge is -2.11. The van der Waals surface area contributed by atoms with Gasteiger partial charge in [-0.3, -0.25) is 10.1 Å². The third-order valence-electron chi connectivity index (χ3n) is 3.16. The van der Waals surface area contributed by atoms with Crippen LogP contribution in [-0.4, -0.2) is 30.2 Å². The zero-order chi connectivity index (χ0) is 19.8. The zero-order valence-electron chi connectivity index (χ0n) is 14.3. The Kier molecular flexibility index (Phi) is 8.21. The normalized spacial score (nSPS) is 10.0. The van der Waals surface area contributed by atoms with Gasteiger partial charge in [0.25, 0.3) is 5.91 Å². The van der Waals surface area contributed by atoms with Crippen LogP contribution in [0.4, 0.5) is 5.69 Å². The van der Waals surface area contributed by atoms with Crippen molar-refractivity contribution >= 4 is 66.8 Å². The van der Waals surface area contributed by atoms with Crippen molar-refractivity contribution in [2.75, 3.05) is 18.5 Å². The number of carbonyl (C=O) groups excluding carboxylic acids is 2. The van der Waals surface area contributed by atoms with Gasteiger partial charge in [-0.05, 0) is 77.5 Å². The van der Waals surface area contributed by atoms with Crippen molar-refractivity contribution in [1.29, 1.82) is 0 Å². The van der Waals surface area contributed by atoms with Crippen LogP contribution in [0.3, 0.4) is 0 Å². The molecule has 0 aliphatic heterocycles. The second-order valence-electron chi connectivity index (χ2n) is 5.16. The number of anilines is 1. The highest BCUT2D eigenvalue weighted by Gasteiger charge is 2.09. The molecule has 0 saturated heterocycles. The molecule has 0 bridgehead atoms. The minimum absolute atomic E-state index is 0.127. The Bertz CT molecular complexity index is 844. The van der Waals surface area contributed by atoms with E-state index in [9.17, 15) is 9.59 Å². The number of esters is 1. The molecule has 1 amide bonds. The Morgan fingerprint density at radius 1 is 1.11 bits per heavy atom. The van der Waals surface area contributed by atoms with Crippen LogP contribution in [0, 0.1) is 0 Å². The van der Waals surface area contributed by atoms with Gasteiger partial charge in [-0.2, -0.15) is 0 Å². The molecule has 142 valence electrons. The molecular weight excluding hydrogens is 500 g/mol. The number of benzene rings is 2. The Labute approximate surface area is 178 Å². The number of carbonyl (C=O) groups is 2. The van der Waals surface area contributed by atoms with E-state index >= 15 is 0 Å². The largest absolute Gasteiger partial charge is 0.483 e. The molecule has 2 rings (SSSR count). The summed E-state index contributed by atoms with van der Waals surface area (Å²) in [5.41, 5.74) is 1.07. The number of rotatable bonds is 6. The van der Waals surface area contributed by atoms with Gasteiger partial charge in [0, 0.05) is 10.2 Å². The molecule has 6 nitrogen and oxygen atoms in total. The van der Waals surface area contributed by atoms with Gasteiger partial charge in [-0.1, -0.05) is 15.9 Å². The number of thiocarbonyl (C=S) groups is 1. The van der Waals surface area contributed by atoms with Crippen molar-refractivity contribution < 1.29 is 19.1 Å². The van der Waals surface area contributed by atoms with Crippen LogP contribution in [0.2, 0.25) is 0 Å². The third kappa shape index (κ3) is 6.93. The lowest BCUT2D eigenvalue weighted by Crippen LogP contribution is -2.37. The summed E-state index contributed by atoms with van der Waals surface area (Å²) in [5.74, 6) is -0.247. The molecule has 0 radical (unpaired) electrons. The minimum Gasteiger partial charge on any atom is -0.483 e. The molecule has 0 unspecified atom stereocenters. The first kappa shape index (κ1) is 21.3. The van der Waals surface area contributed by atoms with Crippen LogP contribution in [-0.2, 0) is 9.53 Å². The van der Waals surface area contributed by atoms with E-state index in [0.29, 0.717) is 23.6 Å². The maximum atomic E-state index is 12.0. The summed E-state index contributed by atoms with van der Waals surface area (Å²) in [6.45, 7) is 1.87. The van der Waals surface area contributed by atoms with Gasteiger partial charge in [0.2, 0.25) is 0 Å². The first-order valence-corrected chi connectivity index (χ1v) is 9.84. The molecule has 27 heavy (non-hydrogen) atoms.